The first-order chi connectivity index (χ1) is 13.3. The van der Waals surface area contributed by atoms with Gasteiger partial charge in [0.2, 0.25) is 0 Å². The van der Waals surface area contributed by atoms with Crippen molar-refractivity contribution >= 4 is 5.97 Å². The van der Waals surface area contributed by atoms with Crippen molar-refractivity contribution in [3.05, 3.63) is 53.9 Å². The zero-order valence-electron chi connectivity index (χ0n) is 15.8. The number of hydrogen-bond donors (Lipinski definition) is 0. The smallest absolute Gasteiger partial charge is 0.464 e. The molecule has 5 nitrogen and oxygen atoms in total. The highest BCUT2D eigenvalue weighted by Crippen LogP contribution is 2.31. The van der Waals surface area contributed by atoms with Crippen LogP contribution >= 0.6 is 0 Å². The number of nitrogens with zero attached hydrogens (tertiary/aromatic N) is 2. The number of carbonyl (C=O) groups is 1. The molecule has 152 valence electrons. The SMILES string of the molecule is COC(=O)c1cccn1C1CCN(C(C)c2ccc(OC(F)(F)F)cc2)CC1. The van der Waals surface area contributed by atoms with Crippen LogP contribution in [0.3, 0.4) is 0 Å². The van der Waals surface area contributed by atoms with Crippen LogP contribution in [-0.2, 0) is 4.74 Å². The molecular weight excluding hydrogens is 373 g/mol. The van der Waals surface area contributed by atoms with E-state index in [-0.39, 0.29) is 23.8 Å². The van der Waals surface area contributed by atoms with Gasteiger partial charge in [-0.2, -0.15) is 0 Å². The number of carbonyl (C=O) groups excluding carboxylic acids is 1. The summed E-state index contributed by atoms with van der Waals surface area (Å²) >= 11 is 0. The van der Waals surface area contributed by atoms with Crippen molar-refractivity contribution in [2.75, 3.05) is 20.2 Å². The Hall–Kier alpha value is -2.48. The lowest BCUT2D eigenvalue weighted by Gasteiger charge is -2.37. The maximum Gasteiger partial charge on any atom is 0.573 e. The summed E-state index contributed by atoms with van der Waals surface area (Å²) in [7, 11) is 1.37. The van der Waals surface area contributed by atoms with Crippen LogP contribution in [0, 0.1) is 0 Å². The van der Waals surface area contributed by atoms with Gasteiger partial charge in [-0.3, -0.25) is 4.90 Å². The van der Waals surface area contributed by atoms with Gasteiger partial charge in [0.05, 0.1) is 7.11 Å². The molecule has 1 fully saturated rings. The van der Waals surface area contributed by atoms with Crippen molar-refractivity contribution < 1.29 is 27.4 Å². The van der Waals surface area contributed by atoms with Crippen molar-refractivity contribution in [1.82, 2.24) is 9.47 Å². The number of piperidine rings is 1. The van der Waals surface area contributed by atoms with Gasteiger partial charge >= 0.3 is 12.3 Å². The molecule has 0 spiro atoms. The number of benzene rings is 1. The lowest BCUT2D eigenvalue weighted by atomic mass is 10.00. The van der Waals surface area contributed by atoms with Crippen molar-refractivity contribution in [1.29, 1.82) is 0 Å². The van der Waals surface area contributed by atoms with Gasteiger partial charge in [0.15, 0.2) is 0 Å². The summed E-state index contributed by atoms with van der Waals surface area (Å²) in [6, 6.07) is 9.90. The highest BCUT2D eigenvalue weighted by Gasteiger charge is 2.31. The molecule has 0 radical (unpaired) electrons. The largest absolute Gasteiger partial charge is 0.573 e. The zero-order valence-corrected chi connectivity index (χ0v) is 15.8. The first kappa shape index (κ1) is 20.3. The monoisotopic (exact) mass is 396 g/mol. The van der Waals surface area contributed by atoms with E-state index in [0.717, 1.165) is 31.5 Å². The lowest BCUT2D eigenvalue weighted by Crippen LogP contribution is -2.36. The number of hydrogen-bond acceptors (Lipinski definition) is 4. The summed E-state index contributed by atoms with van der Waals surface area (Å²) in [5.74, 6) is -0.563. The van der Waals surface area contributed by atoms with Gasteiger partial charge in [0.25, 0.3) is 0 Å². The summed E-state index contributed by atoms with van der Waals surface area (Å²) in [5.41, 5.74) is 1.48. The van der Waals surface area contributed by atoms with Crippen molar-refractivity contribution in [2.24, 2.45) is 0 Å². The van der Waals surface area contributed by atoms with E-state index in [9.17, 15) is 18.0 Å². The second-order valence-corrected chi connectivity index (χ2v) is 6.85. The Bertz CT molecular complexity index is 794. The van der Waals surface area contributed by atoms with E-state index >= 15 is 0 Å². The third-order valence-electron chi connectivity index (χ3n) is 5.21. The number of likely N-dealkylation sites (tertiary alicyclic amines) is 1. The molecule has 1 atom stereocenters. The van der Waals surface area contributed by atoms with E-state index < -0.39 is 6.36 Å². The second kappa shape index (κ2) is 8.26. The lowest BCUT2D eigenvalue weighted by molar-refractivity contribution is -0.274. The van der Waals surface area contributed by atoms with Gasteiger partial charge < -0.3 is 14.0 Å². The van der Waals surface area contributed by atoms with Gasteiger partial charge in [0, 0.05) is 31.4 Å². The molecule has 28 heavy (non-hydrogen) atoms. The highest BCUT2D eigenvalue weighted by molar-refractivity contribution is 5.87. The van der Waals surface area contributed by atoms with Crippen LogP contribution in [0.15, 0.2) is 42.6 Å². The summed E-state index contributed by atoms with van der Waals surface area (Å²) in [6.07, 6.45) is -1.04. The van der Waals surface area contributed by atoms with E-state index in [1.54, 1.807) is 18.2 Å². The Labute approximate surface area is 161 Å². The van der Waals surface area contributed by atoms with Gasteiger partial charge in [-0.1, -0.05) is 12.1 Å². The summed E-state index contributed by atoms with van der Waals surface area (Å²) < 4.78 is 47.6. The van der Waals surface area contributed by atoms with E-state index in [1.165, 1.54) is 19.2 Å². The Morgan fingerprint density at radius 3 is 2.36 bits per heavy atom. The standard InChI is InChI=1S/C20H23F3N2O3/c1-14(15-5-7-17(8-6-15)28-20(21,22)23)24-12-9-16(10-13-24)25-11-3-4-18(25)19(26)27-2/h3-8,11,14,16H,9-10,12-13H2,1-2H3. The third-order valence-corrected chi connectivity index (χ3v) is 5.21. The summed E-state index contributed by atoms with van der Waals surface area (Å²) in [4.78, 5) is 14.2. The molecule has 0 saturated carbocycles. The number of rotatable bonds is 5. The Morgan fingerprint density at radius 1 is 1.14 bits per heavy atom. The maximum atomic E-state index is 12.3. The molecule has 2 aromatic rings. The molecule has 2 heterocycles. The molecule has 0 N–H and O–H groups in total. The number of ether oxygens (including phenoxy) is 2. The van der Waals surface area contributed by atoms with Crippen LogP contribution in [0.1, 0.15) is 47.9 Å². The van der Waals surface area contributed by atoms with E-state index in [2.05, 4.69) is 9.64 Å². The molecule has 1 aromatic carbocycles. The minimum atomic E-state index is -4.68. The fourth-order valence-electron chi connectivity index (χ4n) is 3.70. The predicted octanol–water partition coefficient (Wildman–Crippen LogP) is 4.57. The van der Waals surface area contributed by atoms with Crippen LogP contribution in [-0.4, -0.2) is 42.0 Å². The minimum absolute atomic E-state index is 0.0747. The third kappa shape index (κ3) is 4.67. The van der Waals surface area contributed by atoms with Crippen molar-refractivity contribution in [2.45, 2.75) is 38.2 Å². The van der Waals surface area contributed by atoms with E-state index in [1.807, 2.05) is 23.8 Å². The fourth-order valence-corrected chi connectivity index (χ4v) is 3.70. The topological polar surface area (TPSA) is 43.7 Å². The maximum absolute atomic E-state index is 12.3. The molecule has 8 heteroatoms. The number of esters is 1. The minimum Gasteiger partial charge on any atom is -0.464 e. The fraction of sp³-hybridized carbons (Fsp3) is 0.450. The quantitative estimate of drug-likeness (QED) is 0.695. The first-order valence-corrected chi connectivity index (χ1v) is 9.13. The van der Waals surface area contributed by atoms with Crippen LogP contribution < -0.4 is 4.74 Å². The number of halogens is 3. The first-order valence-electron chi connectivity index (χ1n) is 9.13. The highest BCUT2D eigenvalue weighted by atomic mass is 19.4. The molecule has 3 rings (SSSR count). The molecule has 1 saturated heterocycles. The van der Waals surface area contributed by atoms with Crippen LogP contribution in [0.25, 0.3) is 0 Å². The molecule has 0 amide bonds. The molecular formula is C20H23F3N2O3. The summed E-state index contributed by atoms with van der Waals surface area (Å²) in [6.45, 7) is 3.69. The van der Waals surface area contributed by atoms with Crippen LogP contribution in [0.4, 0.5) is 13.2 Å². The van der Waals surface area contributed by atoms with Gasteiger partial charge in [-0.25, -0.2) is 4.79 Å². The van der Waals surface area contributed by atoms with Crippen molar-refractivity contribution in [3.63, 3.8) is 0 Å². The van der Waals surface area contributed by atoms with E-state index in [4.69, 9.17) is 4.74 Å². The Morgan fingerprint density at radius 2 is 1.79 bits per heavy atom. The molecule has 1 aliphatic heterocycles. The number of aromatic nitrogens is 1. The average Bonchev–Trinajstić information content (AvgIpc) is 3.16. The second-order valence-electron chi connectivity index (χ2n) is 6.85. The van der Waals surface area contributed by atoms with Gasteiger partial charge in [-0.05, 0) is 49.6 Å². The summed E-state index contributed by atoms with van der Waals surface area (Å²) in [5, 5.41) is 0. The van der Waals surface area contributed by atoms with Gasteiger partial charge in [0.1, 0.15) is 11.4 Å². The van der Waals surface area contributed by atoms with Crippen molar-refractivity contribution in [3.8, 4) is 5.75 Å². The molecule has 1 aromatic heterocycles. The molecule has 0 bridgehead atoms. The van der Waals surface area contributed by atoms with E-state index in [0.29, 0.717) is 5.69 Å². The molecule has 0 aliphatic carbocycles. The van der Waals surface area contributed by atoms with Gasteiger partial charge in [-0.15, -0.1) is 13.2 Å². The normalized spacial score (nSPS) is 17.3. The zero-order chi connectivity index (χ0) is 20.3. The predicted molar refractivity (Wildman–Crippen MR) is 97.2 cm³/mol. The molecule has 1 aliphatic rings. The van der Waals surface area contributed by atoms with Crippen LogP contribution in [0.2, 0.25) is 0 Å². The van der Waals surface area contributed by atoms with Crippen LogP contribution in [0.5, 0.6) is 5.75 Å². The number of alkyl halides is 3. The average molecular weight is 396 g/mol. The Balaban J connectivity index is 1.60. The Kier molecular flexibility index (Phi) is 5.98. The number of methoxy groups -OCH3 is 1. The molecule has 1 unspecified atom stereocenters.